The molecule has 5 heteroatoms. The van der Waals surface area contributed by atoms with Crippen molar-refractivity contribution in [1.29, 1.82) is 0 Å². The lowest BCUT2D eigenvalue weighted by atomic mass is 10.3. The standard InChI is InChI=1S/C10H14N4O/c1-8-12-13-10(14(8)2)6-11-5-9-3-4-15-7-9/h3-4,7,11H,5-6H2,1-2H3. The number of hydrogen-bond donors (Lipinski definition) is 1. The third-order valence-corrected chi connectivity index (χ3v) is 2.38. The molecule has 80 valence electrons. The second-order valence-corrected chi connectivity index (χ2v) is 3.46. The summed E-state index contributed by atoms with van der Waals surface area (Å²) in [4.78, 5) is 0. The summed E-state index contributed by atoms with van der Waals surface area (Å²) in [6.07, 6.45) is 3.40. The maximum atomic E-state index is 4.97. The average molecular weight is 206 g/mol. The Morgan fingerprint density at radius 2 is 2.27 bits per heavy atom. The SMILES string of the molecule is Cc1nnc(CNCc2ccoc2)n1C. The molecule has 2 heterocycles. The number of furan rings is 1. The van der Waals surface area contributed by atoms with Gasteiger partial charge in [-0.25, -0.2) is 0 Å². The first-order chi connectivity index (χ1) is 7.27. The highest BCUT2D eigenvalue weighted by Gasteiger charge is 2.03. The van der Waals surface area contributed by atoms with E-state index in [1.54, 1.807) is 12.5 Å². The van der Waals surface area contributed by atoms with Gasteiger partial charge in [0, 0.05) is 19.2 Å². The lowest BCUT2D eigenvalue weighted by molar-refractivity contribution is 0.558. The molecule has 0 unspecified atom stereocenters. The first-order valence-electron chi connectivity index (χ1n) is 4.84. The molecular formula is C10H14N4O. The molecule has 0 saturated heterocycles. The topological polar surface area (TPSA) is 55.9 Å². The van der Waals surface area contributed by atoms with Crippen molar-refractivity contribution in [2.45, 2.75) is 20.0 Å². The van der Waals surface area contributed by atoms with Gasteiger partial charge >= 0.3 is 0 Å². The van der Waals surface area contributed by atoms with Gasteiger partial charge in [-0.2, -0.15) is 0 Å². The molecule has 0 aliphatic heterocycles. The molecule has 0 radical (unpaired) electrons. The van der Waals surface area contributed by atoms with Crippen LogP contribution in [0.5, 0.6) is 0 Å². The minimum atomic E-state index is 0.711. The van der Waals surface area contributed by atoms with E-state index in [9.17, 15) is 0 Å². The molecule has 0 saturated carbocycles. The van der Waals surface area contributed by atoms with Crippen LogP contribution in [0, 0.1) is 6.92 Å². The normalized spacial score (nSPS) is 10.8. The zero-order valence-electron chi connectivity index (χ0n) is 8.90. The molecule has 0 fully saturated rings. The fourth-order valence-corrected chi connectivity index (χ4v) is 1.32. The summed E-state index contributed by atoms with van der Waals surface area (Å²) in [5, 5.41) is 11.3. The Labute approximate surface area is 88.1 Å². The van der Waals surface area contributed by atoms with Crippen LogP contribution in [0.15, 0.2) is 23.0 Å². The molecule has 2 rings (SSSR count). The highest BCUT2D eigenvalue weighted by atomic mass is 16.3. The van der Waals surface area contributed by atoms with Gasteiger partial charge in [0.05, 0.1) is 19.1 Å². The quantitative estimate of drug-likeness (QED) is 0.811. The maximum absolute atomic E-state index is 4.97. The second kappa shape index (κ2) is 4.27. The van der Waals surface area contributed by atoms with Crippen LogP contribution in [-0.4, -0.2) is 14.8 Å². The molecule has 0 aliphatic carbocycles. The summed E-state index contributed by atoms with van der Waals surface area (Å²) in [6.45, 7) is 3.43. The van der Waals surface area contributed by atoms with Gasteiger partial charge < -0.3 is 14.3 Å². The third-order valence-electron chi connectivity index (χ3n) is 2.38. The van der Waals surface area contributed by atoms with Crippen molar-refractivity contribution in [3.8, 4) is 0 Å². The van der Waals surface area contributed by atoms with E-state index < -0.39 is 0 Å². The van der Waals surface area contributed by atoms with Gasteiger partial charge in [-0.15, -0.1) is 10.2 Å². The van der Waals surface area contributed by atoms with Crippen molar-refractivity contribution >= 4 is 0 Å². The van der Waals surface area contributed by atoms with Crippen molar-refractivity contribution in [1.82, 2.24) is 20.1 Å². The molecular weight excluding hydrogens is 192 g/mol. The molecule has 0 aromatic carbocycles. The molecule has 1 N–H and O–H groups in total. The van der Waals surface area contributed by atoms with Gasteiger partial charge in [-0.05, 0) is 13.0 Å². The Morgan fingerprint density at radius 3 is 2.87 bits per heavy atom. The highest BCUT2D eigenvalue weighted by molar-refractivity contribution is 5.04. The van der Waals surface area contributed by atoms with Crippen LogP contribution >= 0.6 is 0 Å². The predicted octanol–water partition coefficient (Wildman–Crippen LogP) is 1.01. The van der Waals surface area contributed by atoms with Crippen LogP contribution in [-0.2, 0) is 20.1 Å². The van der Waals surface area contributed by atoms with Crippen molar-refractivity contribution in [2.75, 3.05) is 0 Å². The molecule has 0 atom stereocenters. The minimum absolute atomic E-state index is 0.711. The summed E-state index contributed by atoms with van der Waals surface area (Å²) in [6, 6.07) is 1.94. The van der Waals surface area contributed by atoms with E-state index in [1.807, 2.05) is 24.6 Å². The van der Waals surface area contributed by atoms with Gasteiger partial charge in [0.2, 0.25) is 0 Å². The number of aromatic nitrogens is 3. The number of nitrogens with one attached hydrogen (secondary N) is 1. The van der Waals surface area contributed by atoms with E-state index in [4.69, 9.17) is 4.42 Å². The first-order valence-corrected chi connectivity index (χ1v) is 4.84. The van der Waals surface area contributed by atoms with Crippen LogP contribution < -0.4 is 5.32 Å². The van der Waals surface area contributed by atoms with Crippen LogP contribution in [0.1, 0.15) is 17.2 Å². The smallest absolute Gasteiger partial charge is 0.146 e. The van der Waals surface area contributed by atoms with Gasteiger partial charge in [0.25, 0.3) is 0 Å². The average Bonchev–Trinajstić information content (AvgIpc) is 2.83. The molecule has 0 amide bonds. The largest absolute Gasteiger partial charge is 0.472 e. The Hall–Kier alpha value is -1.62. The monoisotopic (exact) mass is 206 g/mol. The molecule has 15 heavy (non-hydrogen) atoms. The number of rotatable bonds is 4. The third kappa shape index (κ3) is 2.24. The van der Waals surface area contributed by atoms with Crippen molar-refractivity contribution in [3.05, 3.63) is 35.8 Å². The Kier molecular flexibility index (Phi) is 2.82. The maximum Gasteiger partial charge on any atom is 0.146 e. The van der Waals surface area contributed by atoms with Gasteiger partial charge in [-0.3, -0.25) is 0 Å². The van der Waals surface area contributed by atoms with E-state index in [0.717, 1.165) is 23.8 Å². The van der Waals surface area contributed by atoms with E-state index in [1.165, 1.54) is 0 Å². The Balaban J connectivity index is 1.86. The van der Waals surface area contributed by atoms with Crippen molar-refractivity contribution in [3.63, 3.8) is 0 Å². The lowest BCUT2D eigenvalue weighted by Gasteiger charge is -2.02. The highest BCUT2D eigenvalue weighted by Crippen LogP contribution is 2.00. The van der Waals surface area contributed by atoms with Crippen LogP contribution in [0.25, 0.3) is 0 Å². The van der Waals surface area contributed by atoms with E-state index >= 15 is 0 Å². The zero-order chi connectivity index (χ0) is 10.7. The van der Waals surface area contributed by atoms with Crippen LogP contribution in [0.2, 0.25) is 0 Å². The predicted molar refractivity (Wildman–Crippen MR) is 55.0 cm³/mol. The minimum Gasteiger partial charge on any atom is -0.472 e. The Morgan fingerprint density at radius 1 is 1.40 bits per heavy atom. The van der Waals surface area contributed by atoms with Crippen LogP contribution in [0.3, 0.4) is 0 Å². The van der Waals surface area contributed by atoms with Gasteiger partial charge in [0.1, 0.15) is 11.6 Å². The van der Waals surface area contributed by atoms with E-state index in [-0.39, 0.29) is 0 Å². The molecule has 0 aliphatic rings. The van der Waals surface area contributed by atoms with Crippen molar-refractivity contribution in [2.24, 2.45) is 7.05 Å². The number of hydrogen-bond acceptors (Lipinski definition) is 4. The molecule has 0 bridgehead atoms. The number of aryl methyl sites for hydroxylation is 1. The summed E-state index contributed by atoms with van der Waals surface area (Å²) < 4.78 is 6.95. The summed E-state index contributed by atoms with van der Waals surface area (Å²) in [5.74, 6) is 1.87. The van der Waals surface area contributed by atoms with Crippen molar-refractivity contribution < 1.29 is 4.42 Å². The first kappa shape index (κ1) is 9.92. The summed E-state index contributed by atoms with van der Waals surface area (Å²) in [5.41, 5.74) is 1.13. The molecule has 0 spiro atoms. The van der Waals surface area contributed by atoms with Gasteiger partial charge in [0.15, 0.2) is 0 Å². The zero-order valence-corrected chi connectivity index (χ0v) is 8.90. The fourth-order valence-electron chi connectivity index (χ4n) is 1.32. The van der Waals surface area contributed by atoms with E-state index in [2.05, 4.69) is 15.5 Å². The number of nitrogens with zero attached hydrogens (tertiary/aromatic N) is 3. The molecule has 2 aromatic heterocycles. The van der Waals surface area contributed by atoms with Crippen LogP contribution in [0.4, 0.5) is 0 Å². The summed E-state index contributed by atoms with van der Waals surface area (Å²) >= 11 is 0. The van der Waals surface area contributed by atoms with Gasteiger partial charge in [-0.1, -0.05) is 0 Å². The summed E-state index contributed by atoms with van der Waals surface area (Å²) in [7, 11) is 1.96. The molecule has 2 aromatic rings. The van der Waals surface area contributed by atoms with E-state index in [0.29, 0.717) is 6.54 Å². The Bertz CT molecular complexity index is 419. The molecule has 5 nitrogen and oxygen atoms in total. The lowest BCUT2D eigenvalue weighted by Crippen LogP contribution is -2.15. The fraction of sp³-hybridized carbons (Fsp3) is 0.400. The second-order valence-electron chi connectivity index (χ2n) is 3.46.